The van der Waals surface area contributed by atoms with Gasteiger partial charge in [-0.25, -0.2) is 4.39 Å². The number of halogens is 1. The summed E-state index contributed by atoms with van der Waals surface area (Å²) in [6.45, 7) is -0.0743. The van der Waals surface area contributed by atoms with Gasteiger partial charge in [0, 0.05) is 5.39 Å². The zero-order chi connectivity index (χ0) is 11.8. The van der Waals surface area contributed by atoms with E-state index in [2.05, 4.69) is 0 Å². The van der Waals surface area contributed by atoms with E-state index in [0.717, 1.165) is 21.7 Å². The van der Waals surface area contributed by atoms with Crippen LogP contribution in [0.3, 0.4) is 0 Å². The molecule has 0 bridgehead atoms. The molecular formula is C15H11FO. The Balaban J connectivity index is 2.57. The second-order valence-electron chi connectivity index (χ2n) is 4.07. The number of fused-ring (bicyclic) bond motifs is 3. The fraction of sp³-hybridized carbons (Fsp3) is 0.0667. The first kappa shape index (κ1) is 10.2. The Hall–Kier alpha value is -1.93. The average molecular weight is 226 g/mol. The molecule has 0 aromatic heterocycles. The Labute approximate surface area is 98.1 Å². The number of rotatable bonds is 1. The van der Waals surface area contributed by atoms with E-state index in [1.165, 1.54) is 6.07 Å². The summed E-state index contributed by atoms with van der Waals surface area (Å²) in [6.07, 6.45) is 0. The second-order valence-corrected chi connectivity index (χ2v) is 4.07. The zero-order valence-electron chi connectivity index (χ0n) is 9.15. The molecule has 0 heterocycles. The lowest BCUT2D eigenvalue weighted by atomic mass is 9.98. The van der Waals surface area contributed by atoms with Crippen LogP contribution < -0.4 is 0 Å². The van der Waals surface area contributed by atoms with Gasteiger partial charge in [-0.1, -0.05) is 42.5 Å². The van der Waals surface area contributed by atoms with Gasteiger partial charge in [-0.3, -0.25) is 0 Å². The van der Waals surface area contributed by atoms with E-state index in [9.17, 15) is 9.50 Å². The summed E-state index contributed by atoms with van der Waals surface area (Å²) in [6, 6.07) is 14.6. The summed E-state index contributed by atoms with van der Waals surface area (Å²) in [5.74, 6) is -0.242. The van der Waals surface area contributed by atoms with Crippen LogP contribution in [-0.4, -0.2) is 5.11 Å². The van der Waals surface area contributed by atoms with Gasteiger partial charge in [-0.2, -0.15) is 0 Å². The highest BCUT2D eigenvalue weighted by Crippen LogP contribution is 2.29. The lowest BCUT2D eigenvalue weighted by Crippen LogP contribution is -1.89. The molecule has 0 saturated carbocycles. The van der Waals surface area contributed by atoms with Gasteiger partial charge in [-0.15, -0.1) is 0 Å². The van der Waals surface area contributed by atoms with Crippen LogP contribution in [0.1, 0.15) is 5.56 Å². The molecule has 3 rings (SSSR count). The van der Waals surface area contributed by atoms with Gasteiger partial charge in [0.1, 0.15) is 5.82 Å². The average Bonchev–Trinajstić information content (AvgIpc) is 2.39. The Kier molecular flexibility index (Phi) is 2.30. The van der Waals surface area contributed by atoms with Crippen molar-refractivity contribution in [2.45, 2.75) is 6.61 Å². The molecule has 0 aliphatic rings. The van der Waals surface area contributed by atoms with Gasteiger partial charge in [0.05, 0.1) is 6.61 Å². The zero-order valence-corrected chi connectivity index (χ0v) is 9.15. The predicted molar refractivity (Wildman–Crippen MR) is 67.3 cm³/mol. The van der Waals surface area contributed by atoms with Gasteiger partial charge in [-0.05, 0) is 27.8 Å². The molecule has 1 N–H and O–H groups in total. The van der Waals surface area contributed by atoms with Crippen LogP contribution in [-0.2, 0) is 6.61 Å². The van der Waals surface area contributed by atoms with Crippen LogP contribution in [0.25, 0.3) is 21.5 Å². The molecule has 0 aliphatic carbocycles. The Morgan fingerprint density at radius 3 is 2.24 bits per heavy atom. The maximum absolute atomic E-state index is 14.0. The molecule has 3 aromatic carbocycles. The molecular weight excluding hydrogens is 215 g/mol. The highest BCUT2D eigenvalue weighted by atomic mass is 19.1. The highest BCUT2D eigenvalue weighted by Gasteiger charge is 2.07. The minimum Gasteiger partial charge on any atom is -0.392 e. The van der Waals surface area contributed by atoms with E-state index in [4.69, 9.17) is 0 Å². The van der Waals surface area contributed by atoms with Gasteiger partial charge in [0.15, 0.2) is 0 Å². The molecule has 0 aliphatic heterocycles. The van der Waals surface area contributed by atoms with E-state index < -0.39 is 0 Å². The van der Waals surface area contributed by atoms with Gasteiger partial charge in [0.25, 0.3) is 0 Å². The van der Waals surface area contributed by atoms with Crippen molar-refractivity contribution >= 4 is 21.5 Å². The molecule has 0 radical (unpaired) electrons. The third-order valence-electron chi connectivity index (χ3n) is 3.11. The molecule has 3 aromatic rings. The summed E-state index contributed by atoms with van der Waals surface area (Å²) in [5.41, 5.74) is 0.757. The summed E-state index contributed by atoms with van der Waals surface area (Å²) in [5, 5.41) is 12.5. The number of aliphatic hydroxyl groups excluding tert-OH is 1. The van der Waals surface area contributed by atoms with Crippen molar-refractivity contribution in [3.8, 4) is 0 Å². The van der Waals surface area contributed by atoms with E-state index in [0.29, 0.717) is 5.39 Å². The summed E-state index contributed by atoms with van der Waals surface area (Å²) < 4.78 is 14.0. The SMILES string of the molecule is OCc1cccc2c1cc(F)c1ccccc12. The third-order valence-corrected chi connectivity index (χ3v) is 3.11. The first-order chi connectivity index (χ1) is 8.31. The molecule has 2 heteroatoms. The Bertz CT molecular complexity index is 704. The fourth-order valence-corrected chi connectivity index (χ4v) is 2.29. The molecule has 0 amide bonds. The number of aliphatic hydroxyl groups is 1. The van der Waals surface area contributed by atoms with Crippen LogP contribution in [0.5, 0.6) is 0 Å². The molecule has 17 heavy (non-hydrogen) atoms. The predicted octanol–water partition coefficient (Wildman–Crippen LogP) is 3.62. The molecule has 0 unspecified atom stereocenters. The molecule has 1 nitrogen and oxygen atoms in total. The Morgan fingerprint density at radius 1 is 0.824 bits per heavy atom. The quantitative estimate of drug-likeness (QED) is 0.628. The van der Waals surface area contributed by atoms with Crippen LogP contribution in [0.4, 0.5) is 4.39 Å². The maximum Gasteiger partial charge on any atom is 0.131 e. The van der Waals surface area contributed by atoms with Gasteiger partial charge >= 0.3 is 0 Å². The summed E-state index contributed by atoms with van der Waals surface area (Å²) in [7, 11) is 0. The molecule has 0 spiro atoms. The molecule has 0 saturated heterocycles. The summed E-state index contributed by atoms with van der Waals surface area (Å²) in [4.78, 5) is 0. The normalized spacial score (nSPS) is 11.2. The van der Waals surface area contributed by atoms with Crippen molar-refractivity contribution < 1.29 is 9.50 Å². The molecule has 0 fully saturated rings. The highest BCUT2D eigenvalue weighted by molar-refractivity contribution is 6.08. The third kappa shape index (κ3) is 1.49. The first-order valence-electron chi connectivity index (χ1n) is 5.51. The second kappa shape index (κ2) is 3.82. The number of hydrogen-bond donors (Lipinski definition) is 1. The Morgan fingerprint density at radius 2 is 1.47 bits per heavy atom. The lowest BCUT2D eigenvalue weighted by Gasteiger charge is -2.08. The van der Waals surface area contributed by atoms with Crippen molar-refractivity contribution in [2.24, 2.45) is 0 Å². The monoisotopic (exact) mass is 226 g/mol. The lowest BCUT2D eigenvalue weighted by molar-refractivity contribution is 0.283. The van der Waals surface area contributed by atoms with Crippen molar-refractivity contribution in [3.05, 3.63) is 59.9 Å². The van der Waals surface area contributed by atoms with Crippen molar-refractivity contribution in [1.29, 1.82) is 0 Å². The van der Waals surface area contributed by atoms with Crippen molar-refractivity contribution in [3.63, 3.8) is 0 Å². The number of hydrogen-bond acceptors (Lipinski definition) is 1. The van der Waals surface area contributed by atoms with Gasteiger partial charge in [0.2, 0.25) is 0 Å². The van der Waals surface area contributed by atoms with Crippen LogP contribution in [0, 0.1) is 5.82 Å². The molecule has 0 atom stereocenters. The first-order valence-corrected chi connectivity index (χ1v) is 5.51. The van der Waals surface area contributed by atoms with Crippen LogP contribution in [0.2, 0.25) is 0 Å². The smallest absolute Gasteiger partial charge is 0.131 e. The van der Waals surface area contributed by atoms with Crippen molar-refractivity contribution in [1.82, 2.24) is 0 Å². The van der Waals surface area contributed by atoms with E-state index in [1.54, 1.807) is 6.07 Å². The van der Waals surface area contributed by atoms with Gasteiger partial charge < -0.3 is 5.11 Å². The van der Waals surface area contributed by atoms with E-state index >= 15 is 0 Å². The van der Waals surface area contributed by atoms with Crippen LogP contribution >= 0.6 is 0 Å². The largest absolute Gasteiger partial charge is 0.392 e. The maximum atomic E-state index is 14.0. The minimum absolute atomic E-state index is 0.0743. The topological polar surface area (TPSA) is 20.2 Å². The summed E-state index contributed by atoms with van der Waals surface area (Å²) >= 11 is 0. The number of benzene rings is 3. The van der Waals surface area contributed by atoms with Crippen LogP contribution in [0.15, 0.2) is 48.5 Å². The standard InChI is InChI=1S/C15H11FO/c16-15-8-14-10(9-17)4-3-7-12(14)11-5-1-2-6-13(11)15/h1-8,17H,9H2. The minimum atomic E-state index is -0.242. The van der Waals surface area contributed by atoms with E-state index in [1.807, 2.05) is 36.4 Å². The molecule has 84 valence electrons. The van der Waals surface area contributed by atoms with Crippen molar-refractivity contribution in [2.75, 3.05) is 0 Å². The van der Waals surface area contributed by atoms with E-state index in [-0.39, 0.29) is 12.4 Å². The fourth-order valence-electron chi connectivity index (χ4n) is 2.29.